The van der Waals surface area contributed by atoms with Gasteiger partial charge < -0.3 is 10.2 Å². The summed E-state index contributed by atoms with van der Waals surface area (Å²) in [6.45, 7) is 3.72. The van der Waals surface area contributed by atoms with Crippen LogP contribution in [0.2, 0.25) is 0 Å². The van der Waals surface area contributed by atoms with Gasteiger partial charge in [-0.05, 0) is 37.5 Å². The summed E-state index contributed by atoms with van der Waals surface area (Å²) in [7, 11) is 0. The van der Waals surface area contributed by atoms with E-state index in [4.69, 9.17) is 0 Å². The van der Waals surface area contributed by atoms with E-state index < -0.39 is 0 Å². The van der Waals surface area contributed by atoms with Crippen molar-refractivity contribution < 1.29 is 9.18 Å². The summed E-state index contributed by atoms with van der Waals surface area (Å²) >= 11 is 3.27. The molecule has 104 valence electrons. The van der Waals surface area contributed by atoms with Crippen molar-refractivity contribution in [3.8, 4) is 0 Å². The fraction of sp³-hybridized carbons (Fsp3) is 0.500. The zero-order chi connectivity index (χ0) is 13.8. The molecule has 2 rings (SSSR count). The van der Waals surface area contributed by atoms with Gasteiger partial charge in [0.25, 0.3) is 0 Å². The maximum Gasteiger partial charge on any atom is 0.238 e. The van der Waals surface area contributed by atoms with Crippen LogP contribution in [0.1, 0.15) is 26.2 Å². The van der Waals surface area contributed by atoms with Gasteiger partial charge in [0.15, 0.2) is 0 Å². The molecule has 1 heterocycles. The second kappa shape index (κ2) is 6.37. The molecule has 19 heavy (non-hydrogen) atoms. The lowest BCUT2D eigenvalue weighted by molar-refractivity contribution is -0.115. The van der Waals surface area contributed by atoms with Crippen molar-refractivity contribution in [2.24, 2.45) is 0 Å². The monoisotopic (exact) mass is 328 g/mol. The minimum atomic E-state index is -0.276. The lowest BCUT2D eigenvalue weighted by Crippen LogP contribution is -2.22. The summed E-state index contributed by atoms with van der Waals surface area (Å²) in [6, 6.07) is 4.89. The highest BCUT2D eigenvalue weighted by atomic mass is 79.9. The predicted octanol–water partition coefficient (Wildman–Crippen LogP) is 3.54. The van der Waals surface area contributed by atoms with Gasteiger partial charge in [0.2, 0.25) is 5.91 Å². The number of hydrogen-bond acceptors (Lipinski definition) is 2. The third kappa shape index (κ3) is 3.47. The molecular formula is C14H18BrFN2O. The van der Waals surface area contributed by atoms with E-state index in [1.54, 1.807) is 12.1 Å². The van der Waals surface area contributed by atoms with Gasteiger partial charge in [0.1, 0.15) is 5.82 Å². The van der Waals surface area contributed by atoms with Crippen LogP contribution in [-0.2, 0) is 4.79 Å². The summed E-state index contributed by atoms with van der Waals surface area (Å²) in [4.78, 5) is 13.5. The number of carbonyl (C=O) groups is 1. The summed E-state index contributed by atoms with van der Waals surface area (Å²) in [5, 5.41) is 2.71. The number of rotatable bonds is 4. The second-order valence-electron chi connectivity index (χ2n) is 4.73. The maximum atomic E-state index is 14.0. The molecule has 1 aromatic rings. The van der Waals surface area contributed by atoms with Gasteiger partial charge in [-0.3, -0.25) is 4.79 Å². The maximum absolute atomic E-state index is 14.0. The van der Waals surface area contributed by atoms with Crippen molar-refractivity contribution in [3.63, 3.8) is 0 Å². The van der Waals surface area contributed by atoms with Gasteiger partial charge in [-0.15, -0.1) is 0 Å². The molecule has 0 radical (unpaired) electrons. The lowest BCUT2D eigenvalue weighted by Gasteiger charge is -2.19. The van der Waals surface area contributed by atoms with Crippen molar-refractivity contribution in [1.29, 1.82) is 0 Å². The van der Waals surface area contributed by atoms with Crippen LogP contribution in [0.5, 0.6) is 0 Å². The Hall–Kier alpha value is -1.10. The number of nitrogens with zero attached hydrogens (tertiary/aromatic N) is 1. The molecule has 1 aliphatic rings. The van der Waals surface area contributed by atoms with Gasteiger partial charge in [0.05, 0.1) is 10.5 Å². The zero-order valence-electron chi connectivity index (χ0n) is 11.0. The van der Waals surface area contributed by atoms with E-state index in [2.05, 4.69) is 21.2 Å². The Kier molecular flexibility index (Phi) is 4.80. The van der Waals surface area contributed by atoms with Gasteiger partial charge >= 0.3 is 0 Å². The minimum absolute atomic E-state index is 0.143. The Balaban J connectivity index is 2.08. The van der Waals surface area contributed by atoms with Gasteiger partial charge in [-0.2, -0.15) is 0 Å². The van der Waals surface area contributed by atoms with E-state index >= 15 is 0 Å². The summed E-state index contributed by atoms with van der Waals surface area (Å²) < 4.78 is 14.0. The second-order valence-corrected chi connectivity index (χ2v) is 5.83. The topological polar surface area (TPSA) is 32.3 Å². The van der Waals surface area contributed by atoms with Crippen LogP contribution < -0.4 is 10.2 Å². The normalized spacial score (nSPS) is 16.5. The molecule has 1 aliphatic heterocycles. The van der Waals surface area contributed by atoms with E-state index in [1.165, 1.54) is 6.07 Å². The molecule has 1 N–H and O–H groups in total. The Morgan fingerprint density at radius 2 is 2.16 bits per heavy atom. The molecule has 0 bridgehead atoms. The molecule has 0 spiro atoms. The van der Waals surface area contributed by atoms with Crippen molar-refractivity contribution in [1.82, 2.24) is 0 Å². The van der Waals surface area contributed by atoms with Gasteiger partial charge in [-0.25, -0.2) is 4.39 Å². The molecule has 1 unspecified atom stereocenters. The quantitative estimate of drug-likeness (QED) is 0.857. The lowest BCUT2D eigenvalue weighted by atomic mass is 10.2. The number of alkyl halides is 1. The first-order chi connectivity index (χ1) is 9.11. The number of nitrogens with one attached hydrogen (secondary N) is 1. The molecule has 1 amide bonds. The first-order valence-electron chi connectivity index (χ1n) is 6.61. The van der Waals surface area contributed by atoms with Crippen LogP contribution in [0.3, 0.4) is 0 Å². The Morgan fingerprint density at radius 3 is 2.74 bits per heavy atom. The zero-order valence-corrected chi connectivity index (χ0v) is 12.5. The highest BCUT2D eigenvalue weighted by Gasteiger charge is 2.17. The molecule has 0 aliphatic carbocycles. The number of carbonyl (C=O) groups excluding carboxylic acids is 1. The predicted molar refractivity (Wildman–Crippen MR) is 79.5 cm³/mol. The highest BCUT2D eigenvalue weighted by molar-refractivity contribution is 9.10. The molecule has 0 saturated carbocycles. The summed E-state index contributed by atoms with van der Waals surface area (Å²) in [5.74, 6) is -0.418. The number of hydrogen-bond donors (Lipinski definition) is 1. The van der Waals surface area contributed by atoms with Crippen LogP contribution in [0.15, 0.2) is 18.2 Å². The van der Waals surface area contributed by atoms with Crippen LogP contribution in [0.4, 0.5) is 15.8 Å². The van der Waals surface area contributed by atoms with Crippen LogP contribution in [-0.4, -0.2) is 23.8 Å². The van der Waals surface area contributed by atoms with Crippen LogP contribution >= 0.6 is 15.9 Å². The molecule has 5 heteroatoms. The van der Waals surface area contributed by atoms with Crippen LogP contribution in [0.25, 0.3) is 0 Å². The molecule has 1 fully saturated rings. The molecule has 1 saturated heterocycles. The van der Waals surface area contributed by atoms with E-state index in [9.17, 15) is 9.18 Å². The Bertz CT molecular complexity index is 461. The van der Waals surface area contributed by atoms with Gasteiger partial charge in [-0.1, -0.05) is 22.9 Å². The van der Waals surface area contributed by atoms with Crippen molar-refractivity contribution >= 4 is 33.2 Å². The largest absolute Gasteiger partial charge is 0.369 e. The third-order valence-electron chi connectivity index (χ3n) is 3.30. The first-order valence-corrected chi connectivity index (χ1v) is 7.53. The number of anilines is 2. The van der Waals surface area contributed by atoms with Gasteiger partial charge in [0, 0.05) is 18.8 Å². The number of benzene rings is 1. The van der Waals surface area contributed by atoms with Crippen LogP contribution in [0, 0.1) is 5.82 Å². The SMILES string of the molecule is CCC(Br)C(=O)Nc1ccc(N2CCCC2)c(F)c1. The molecule has 1 atom stereocenters. The van der Waals surface area contributed by atoms with E-state index in [1.807, 2.05) is 11.8 Å². The fourth-order valence-electron chi connectivity index (χ4n) is 2.21. The number of halogens is 2. The summed E-state index contributed by atoms with van der Waals surface area (Å²) in [6.07, 6.45) is 2.92. The average Bonchev–Trinajstić information content (AvgIpc) is 2.91. The van der Waals surface area contributed by atoms with Crippen molar-refractivity contribution in [2.45, 2.75) is 31.0 Å². The molecular weight excluding hydrogens is 311 g/mol. The van der Waals surface area contributed by atoms with E-state index in [0.29, 0.717) is 17.8 Å². The number of amides is 1. The summed E-state index contributed by atoms with van der Waals surface area (Å²) in [5.41, 5.74) is 1.13. The minimum Gasteiger partial charge on any atom is -0.369 e. The van der Waals surface area contributed by atoms with Crippen molar-refractivity contribution in [3.05, 3.63) is 24.0 Å². The Morgan fingerprint density at radius 1 is 1.47 bits per heavy atom. The molecule has 1 aromatic carbocycles. The standard InChI is InChI=1S/C14H18BrFN2O/c1-2-11(15)14(19)17-10-5-6-13(12(16)9-10)18-7-3-4-8-18/h5-6,9,11H,2-4,7-8H2,1H3,(H,17,19). The Labute approximate surface area is 121 Å². The van der Waals surface area contributed by atoms with Crippen molar-refractivity contribution in [2.75, 3.05) is 23.3 Å². The van der Waals surface area contributed by atoms with E-state index in [0.717, 1.165) is 25.9 Å². The highest BCUT2D eigenvalue weighted by Crippen LogP contribution is 2.26. The smallest absolute Gasteiger partial charge is 0.238 e. The van der Waals surface area contributed by atoms with E-state index in [-0.39, 0.29) is 16.6 Å². The molecule has 3 nitrogen and oxygen atoms in total. The third-order valence-corrected chi connectivity index (χ3v) is 4.37. The first kappa shape index (κ1) is 14.3. The fourth-order valence-corrected chi connectivity index (χ4v) is 2.32. The molecule has 0 aromatic heterocycles. The average molecular weight is 329 g/mol.